The largest absolute Gasteiger partial charge is 0.464 e. The van der Waals surface area contributed by atoms with Crippen molar-refractivity contribution in [3.63, 3.8) is 0 Å². The molecule has 3 nitrogen and oxygen atoms in total. The second-order valence-electron chi connectivity index (χ2n) is 4.82. The van der Waals surface area contributed by atoms with Gasteiger partial charge < -0.3 is 15.1 Å². The summed E-state index contributed by atoms with van der Waals surface area (Å²) in [4.78, 5) is 3.68. The summed E-state index contributed by atoms with van der Waals surface area (Å²) in [6.07, 6.45) is 0. The van der Waals surface area contributed by atoms with E-state index in [-0.39, 0.29) is 0 Å². The molecule has 0 bridgehead atoms. The fourth-order valence-electron chi connectivity index (χ4n) is 2.25. The number of nitrogens with zero attached hydrogens (tertiary/aromatic N) is 1. The van der Waals surface area contributed by atoms with Gasteiger partial charge in [-0.2, -0.15) is 0 Å². The van der Waals surface area contributed by atoms with Crippen LogP contribution in [0.4, 0.5) is 5.69 Å². The molecule has 2 N–H and O–H groups in total. The third-order valence-corrected chi connectivity index (χ3v) is 4.29. The van der Waals surface area contributed by atoms with Crippen LogP contribution in [0.25, 0.3) is 0 Å². The summed E-state index contributed by atoms with van der Waals surface area (Å²) in [5, 5.41) is 0. The average Bonchev–Trinajstić information content (AvgIpc) is 2.84. The van der Waals surface area contributed by atoms with Crippen molar-refractivity contribution in [1.29, 1.82) is 0 Å². The summed E-state index contributed by atoms with van der Waals surface area (Å²) in [5.74, 6) is 2.83. The molecular weight excluding hydrogens is 300 g/mol. The monoisotopic (exact) mass is 320 g/mol. The molecule has 0 amide bonds. The molecule has 2 rings (SSSR count). The van der Waals surface area contributed by atoms with Crippen molar-refractivity contribution in [2.24, 2.45) is 5.73 Å². The molecule has 0 spiro atoms. The van der Waals surface area contributed by atoms with E-state index in [1.165, 1.54) is 0 Å². The first-order valence-electron chi connectivity index (χ1n) is 6.85. The highest BCUT2D eigenvalue weighted by Crippen LogP contribution is 2.31. The highest BCUT2D eigenvalue weighted by atomic mass is 32.2. The Morgan fingerprint density at radius 1 is 1.33 bits per heavy atom. The normalized spacial score (nSPS) is 10.6. The van der Waals surface area contributed by atoms with E-state index in [0.29, 0.717) is 11.5 Å². The Labute approximate surface area is 135 Å². The maximum atomic E-state index is 5.95. The van der Waals surface area contributed by atoms with Crippen LogP contribution in [0, 0.1) is 6.92 Å². The van der Waals surface area contributed by atoms with Crippen LogP contribution in [0.2, 0.25) is 0 Å². The van der Waals surface area contributed by atoms with Gasteiger partial charge in [-0.05, 0) is 36.9 Å². The van der Waals surface area contributed by atoms with Gasteiger partial charge in [-0.3, -0.25) is 0 Å². The van der Waals surface area contributed by atoms with E-state index in [4.69, 9.17) is 22.4 Å². The molecule has 1 aromatic heterocycles. The van der Waals surface area contributed by atoms with Gasteiger partial charge in [-0.1, -0.05) is 25.2 Å². The fourth-order valence-corrected chi connectivity index (χ4v) is 3.37. The Hall–Kier alpha value is -1.46. The second kappa shape index (κ2) is 7.00. The van der Waals surface area contributed by atoms with Crippen LogP contribution in [0.5, 0.6) is 0 Å². The van der Waals surface area contributed by atoms with E-state index < -0.39 is 0 Å². The lowest BCUT2D eigenvalue weighted by atomic mass is 10.1. The maximum absolute atomic E-state index is 5.95. The lowest BCUT2D eigenvalue weighted by molar-refractivity contribution is 0.482. The number of furan rings is 1. The van der Waals surface area contributed by atoms with Crippen LogP contribution in [0.1, 0.15) is 24.0 Å². The minimum Gasteiger partial charge on any atom is -0.464 e. The average molecular weight is 320 g/mol. The van der Waals surface area contributed by atoms with E-state index in [0.717, 1.165) is 33.4 Å². The molecule has 0 saturated heterocycles. The van der Waals surface area contributed by atoms with Gasteiger partial charge in [-0.25, -0.2) is 0 Å². The summed E-state index contributed by atoms with van der Waals surface area (Å²) in [6, 6.07) is 10.1. The third kappa shape index (κ3) is 3.80. The molecule has 0 saturated carbocycles. The zero-order chi connectivity index (χ0) is 15.4. The van der Waals surface area contributed by atoms with Crippen molar-refractivity contribution in [1.82, 2.24) is 0 Å². The smallest absolute Gasteiger partial charge is 0.123 e. The molecule has 5 heteroatoms. The van der Waals surface area contributed by atoms with Crippen LogP contribution in [-0.2, 0) is 6.54 Å². The Morgan fingerprint density at radius 2 is 2.10 bits per heavy atom. The quantitative estimate of drug-likeness (QED) is 0.644. The summed E-state index contributed by atoms with van der Waals surface area (Å²) in [5.41, 5.74) is 7.94. The second-order valence-corrected chi connectivity index (χ2v) is 6.56. The zero-order valence-electron chi connectivity index (χ0n) is 12.6. The molecule has 1 aromatic carbocycles. The summed E-state index contributed by atoms with van der Waals surface area (Å²) in [6.45, 7) is 4.75. The summed E-state index contributed by atoms with van der Waals surface area (Å²) < 4.78 is 5.64. The van der Waals surface area contributed by atoms with Crippen LogP contribution < -0.4 is 10.6 Å². The number of anilines is 1. The molecule has 0 atom stereocenters. The van der Waals surface area contributed by atoms with Crippen LogP contribution in [0.3, 0.4) is 0 Å². The van der Waals surface area contributed by atoms with Gasteiger partial charge >= 0.3 is 0 Å². The van der Waals surface area contributed by atoms with Gasteiger partial charge in [0.1, 0.15) is 16.5 Å². The Kier molecular flexibility index (Phi) is 5.31. The molecule has 0 aliphatic heterocycles. The molecule has 0 radical (unpaired) electrons. The van der Waals surface area contributed by atoms with Crippen LogP contribution >= 0.6 is 24.0 Å². The topological polar surface area (TPSA) is 42.4 Å². The van der Waals surface area contributed by atoms with Crippen molar-refractivity contribution in [3.05, 3.63) is 47.4 Å². The third-order valence-electron chi connectivity index (χ3n) is 3.15. The standard InChI is InChI=1S/C16H20N2OS2/c1-4-21-14-7-5-6-13(15(14)16(17)20)18(3)10-12-9-8-11(2)19-12/h5-9H,4,10H2,1-3H3,(H2,17,20). The van der Waals surface area contributed by atoms with Gasteiger partial charge in [-0.15, -0.1) is 11.8 Å². The molecular formula is C16H20N2OS2. The first kappa shape index (κ1) is 15.9. The number of rotatable bonds is 6. The van der Waals surface area contributed by atoms with Gasteiger partial charge in [0, 0.05) is 23.2 Å². The van der Waals surface area contributed by atoms with E-state index >= 15 is 0 Å². The summed E-state index contributed by atoms with van der Waals surface area (Å²) in [7, 11) is 2.02. The number of thiocarbonyl (C=S) groups is 1. The van der Waals surface area contributed by atoms with E-state index in [9.17, 15) is 0 Å². The first-order chi connectivity index (χ1) is 10.0. The van der Waals surface area contributed by atoms with E-state index in [2.05, 4.69) is 17.9 Å². The van der Waals surface area contributed by atoms with Crippen molar-refractivity contribution >= 4 is 34.7 Å². The molecule has 21 heavy (non-hydrogen) atoms. The van der Waals surface area contributed by atoms with E-state index in [1.54, 1.807) is 11.8 Å². The predicted molar refractivity (Wildman–Crippen MR) is 94.3 cm³/mol. The lowest BCUT2D eigenvalue weighted by Gasteiger charge is -2.23. The maximum Gasteiger partial charge on any atom is 0.123 e. The van der Waals surface area contributed by atoms with Crippen molar-refractivity contribution in [2.45, 2.75) is 25.3 Å². The van der Waals surface area contributed by atoms with Gasteiger partial charge in [0.2, 0.25) is 0 Å². The number of thioether (sulfide) groups is 1. The fraction of sp³-hybridized carbons (Fsp3) is 0.312. The highest BCUT2D eigenvalue weighted by molar-refractivity contribution is 7.99. The zero-order valence-corrected chi connectivity index (χ0v) is 14.2. The Balaban J connectivity index is 2.33. The molecule has 0 fully saturated rings. The number of nitrogens with two attached hydrogens (primary N) is 1. The highest BCUT2D eigenvalue weighted by Gasteiger charge is 2.15. The minimum atomic E-state index is 0.434. The minimum absolute atomic E-state index is 0.434. The molecule has 0 aliphatic carbocycles. The number of hydrogen-bond donors (Lipinski definition) is 1. The van der Waals surface area contributed by atoms with Crippen LogP contribution in [0.15, 0.2) is 39.6 Å². The van der Waals surface area contributed by atoms with E-state index in [1.807, 2.05) is 38.2 Å². The predicted octanol–water partition coefficient (Wildman–Crippen LogP) is 3.97. The molecule has 112 valence electrons. The Bertz CT molecular complexity index is 637. The SMILES string of the molecule is CCSc1cccc(N(C)Cc2ccc(C)o2)c1C(N)=S. The number of hydrogen-bond acceptors (Lipinski definition) is 4. The van der Waals surface area contributed by atoms with Gasteiger partial charge in [0.15, 0.2) is 0 Å². The van der Waals surface area contributed by atoms with Gasteiger partial charge in [0.25, 0.3) is 0 Å². The number of benzene rings is 1. The molecule has 0 aliphatic rings. The van der Waals surface area contributed by atoms with Crippen molar-refractivity contribution in [3.8, 4) is 0 Å². The molecule has 0 unspecified atom stereocenters. The van der Waals surface area contributed by atoms with Gasteiger partial charge in [0.05, 0.1) is 6.54 Å². The van der Waals surface area contributed by atoms with Crippen LogP contribution in [-0.4, -0.2) is 17.8 Å². The van der Waals surface area contributed by atoms with Crippen molar-refractivity contribution < 1.29 is 4.42 Å². The Morgan fingerprint density at radius 3 is 2.67 bits per heavy atom. The summed E-state index contributed by atoms with van der Waals surface area (Å²) >= 11 is 7.01. The molecule has 2 aromatic rings. The van der Waals surface area contributed by atoms with Crippen molar-refractivity contribution in [2.75, 3.05) is 17.7 Å². The first-order valence-corrected chi connectivity index (χ1v) is 8.24. The number of aryl methyl sites for hydroxylation is 1. The lowest BCUT2D eigenvalue weighted by Crippen LogP contribution is -2.22. The molecule has 1 heterocycles.